The first-order valence-electron chi connectivity index (χ1n) is 18.4. The number of rotatable bonds is 23. The number of imide groups is 1. The van der Waals surface area contributed by atoms with E-state index in [4.69, 9.17) is 10.5 Å². The molecule has 2 aliphatic heterocycles. The molecule has 1 saturated heterocycles. The molecule has 5 amide bonds. The SMILES string of the molecule is NC1C(O)[C@@H](O)C(CO)O[C@H]1SCCCCCNC(=O)CCCCCNC(=O)CCCCCNC(=O)C1CCC(CN2C(=O)C=CC2=O)CC1. The van der Waals surface area contributed by atoms with Crippen LogP contribution in [0.1, 0.15) is 96.3 Å². The van der Waals surface area contributed by atoms with Crippen molar-refractivity contribution in [3.05, 3.63) is 12.2 Å². The van der Waals surface area contributed by atoms with Gasteiger partial charge >= 0.3 is 0 Å². The van der Waals surface area contributed by atoms with Crippen molar-refractivity contribution < 1.29 is 44.0 Å². The lowest BCUT2D eigenvalue weighted by Gasteiger charge is -2.40. The third-order valence-electron chi connectivity index (χ3n) is 9.70. The zero-order valence-corrected chi connectivity index (χ0v) is 30.1. The minimum Gasteiger partial charge on any atom is -0.394 e. The number of nitrogens with two attached hydrogens (primary N) is 1. The number of hydrogen-bond acceptors (Lipinski definition) is 11. The van der Waals surface area contributed by atoms with E-state index < -0.39 is 29.8 Å². The average molecular weight is 726 g/mol. The first-order chi connectivity index (χ1) is 24.1. The number of nitrogens with one attached hydrogen (secondary N) is 3. The van der Waals surface area contributed by atoms with Crippen LogP contribution in [-0.2, 0) is 28.7 Å². The molecule has 284 valence electrons. The fraction of sp³-hybridized carbons (Fsp3) is 0.800. The van der Waals surface area contributed by atoms with Gasteiger partial charge in [0.1, 0.15) is 23.7 Å². The van der Waals surface area contributed by atoms with E-state index in [0.717, 1.165) is 89.2 Å². The number of hydrogen-bond donors (Lipinski definition) is 7. The lowest BCUT2D eigenvalue weighted by atomic mass is 9.81. The van der Waals surface area contributed by atoms with E-state index in [0.29, 0.717) is 39.0 Å². The highest BCUT2D eigenvalue weighted by atomic mass is 32.2. The fourth-order valence-corrected chi connectivity index (χ4v) is 7.70. The maximum atomic E-state index is 12.5. The van der Waals surface area contributed by atoms with Crippen LogP contribution in [0.4, 0.5) is 0 Å². The van der Waals surface area contributed by atoms with Gasteiger partial charge in [-0.1, -0.05) is 19.3 Å². The summed E-state index contributed by atoms with van der Waals surface area (Å²) in [6.07, 6.45) is 11.1. The van der Waals surface area contributed by atoms with E-state index in [1.165, 1.54) is 28.8 Å². The Kier molecular flexibility index (Phi) is 19.3. The molecule has 15 heteroatoms. The third-order valence-corrected chi connectivity index (χ3v) is 11.0. The summed E-state index contributed by atoms with van der Waals surface area (Å²) in [4.78, 5) is 61.6. The molecule has 50 heavy (non-hydrogen) atoms. The van der Waals surface area contributed by atoms with Gasteiger partial charge in [-0.25, -0.2) is 0 Å². The van der Waals surface area contributed by atoms with Crippen molar-refractivity contribution in [3.8, 4) is 0 Å². The molecule has 3 rings (SSSR count). The monoisotopic (exact) mass is 725 g/mol. The molecular formula is C35H59N5O9S. The first-order valence-corrected chi connectivity index (χ1v) is 19.5. The van der Waals surface area contributed by atoms with Gasteiger partial charge in [-0.15, -0.1) is 11.8 Å². The standard InChI is InChI=1S/C35H59N5O9S/c36-31-33(47)32(46)26(23-41)49-35(31)50-21-9-3-8-19-38-28(43)10-4-1-6-18-37-27(42)11-5-2-7-20-39-34(48)25-14-12-24(13-15-25)22-40-29(44)16-17-30(40)45/h16-17,24-26,31-33,35,41,46-47H,1-15,18-23,36H2,(H,37,42)(H,38,43)(H,39,48)/t24?,25?,26?,31?,32-,33?,35-/m0/s1. The molecule has 14 nitrogen and oxygen atoms in total. The maximum Gasteiger partial charge on any atom is 0.253 e. The summed E-state index contributed by atoms with van der Waals surface area (Å²) in [6.45, 7) is 1.84. The average Bonchev–Trinajstić information content (AvgIpc) is 3.42. The number of thioether (sulfide) groups is 1. The van der Waals surface area contributed by atoms with E-state index in [-0.39, 0.29) is 48.0 Å². The number of amides is 5. The van der Waals surface area contributed by atoms with Crippen LogP contribution in [0.2, 0.25) is 0 Å². The van der Waals surface area contributed by atoms with Crippen LogP contribution in [0.5, 0.6) is 0 Å². The molecule has 8 N–H and O–H groups in total. The first kappa shape index (κ1) is 41.9. The van der Waals surface area contributed by atoms with Crippen LogP contribution in [0.15, 0.2) is 12.2 Å². The zero-order chi connectivity index (χ0) is 36.3. The lowest BCUT2D eigenvalue weighted by molar-refractivity contribution is -0.165. The molecule has 2 heterocycles. The molecule has 0 aromatic rings. The highest BCUT2D eigenvalue weighted by molar-refractivity contribution is 7.99. The van der Waals surface area contributed by atoms with Crippen molar-refractivity contribution in [2.24, 2.45) is 17.6 Å². The Morgan fingerprint density at radius 3 is 1.88 bits per heavy atom. The fourth-order valence-electron chi connectivity index (χ4n) is 6.50. The minimum absolute atomic E-state index is 0.0231. The number of carbonyl (C=O) groups is 5. The Balaban J connectivity index is 1.06. The second-order valence-electron chi connectivity index (χ2n) is 13.7. The van der Waals surface area contributed by atoms with E-state index in [1.807, 2.05) is 0 Å². The number of ether oxygens (including phenoxy) is 1. The second-order valence-corrected chi connectivity index (χ2v) is 14.9. The molecule has 0 spiro atoms. The molecule has 0 aromatic heterocycles. The Labute approximate surface area is 300 Å². The van der Waals surface area contributed by atoms with E-state index >= 15 is 0 Å². The summed E-state index contributed by atoms with van der Waals surface area (Å²) in [5, 5.41) is 38.1. The van der Waals surface area contributed by atoms with Crippen molar-refractivity contribution in [2.45, 2.75) is 126 Å². The highest BCUT2D eigenvalue weighted by Gasteiger charge is 2.42. The van der Waals surface area contributed by atoms with Gasteiger partial charge in [-0.05, 0) is 75.9 Å². The Morgan fingerprint density at radius 2 is 1.32 bits per heavy atom. The van der Waals surface area contributed by atoms with Crippen LogP contribution in [-0.4, -0.2) is 118 Å². The van der Waals surface area contributed by atoms with Gasteiger partial charge in [0.2, 0.25) is 17.7 Å². The van der Waals surface area contributed by atoms with Crippen LogP contribution < -0.4 is 21.7 Å². The van der Waals surface area contributed by atoms with Crippen LogP contribution in [0.25, 0.3) is 0 Å². The molecular weight excluding hydrogens is 666 g/mol. The number of carbonyl (C=O) groups excluding carboxylic acids is 5. The zero-order valence-electron chi connectivity index (χ0n) is 29.3. The number of unbranched alkanes of at least 4 members (excludes halogenated alkanes) is 6. The summed E-state index contributed by atoms with van der Waals surface area (Å²) in [5.74, 6) is 0.589. The van der Waals surface area contributed by atoms with E-state index in [1.54, 1.807) is 0 Å². The van der Waals surface area contributed by atoms with Crippen molar-refractivity contribution in [1.29, 1.82) is 0 Å². The smallest absolute Gasteiger partial charge is 0.253 e. The summed E-state index contributed by atoms with van der Waals surface area (Å²) in [6, 6.07) is -0.726. The van der Waals surface area contributed by atoms with Crippen molar-refractivity contribution in [3.63, 3.8) is 0 Å². The molecule has 1 aliphatic carbocycles. The van der Waals surface area contributed by atoms with Gasteiger partial charge < -0.3 is 41.7 Å². The molecule has 0 aromatic carbocycles. The molecule has 1 saturated carbocycles. The quantitative estimate of drug-likeness (QED) is 0.0579. The van der Waals surface area contributed by atoms with Gasteiger partial charge in [0.15, 0.2) is 0 Å². The normalized spacial score (nSPS) is 26.6. The summed E-state index contributed by atoms with van der Waals surface area (Å²) >= 11 is 1.46. The van der Waals surface area contributed by atoms with Gasteiger partial charge in [0.05, 0.1) is 12.6 Å². The van der Waals surface area contributed by atoms with Gasteiger partial charge in [-0.2, -0.15) is 0 Å². The number of aliphatic hydroxyl groups is 3. The Bertz CT molecular complexity index is 1100. The summed E-state index contributed by atoms with van der Waals surface area (Å²) in [5.41, 5.74) is 5.46. The highest BCUT2D eigenvalue weighted by Crippen LogP contribution is 2.30. The minimum atomic E-state index is -1.20. The molecule has 3 aliphatic rings. The predicted octanol–water partition coefficient (Wildman–Crippen LogP) is 0.857. The summed E-state index contributed by atoms with van der Waals surface area (Å²) < 4.78 is 5.61. The van der Waals surface area contributed by atoms with Gasteiger partial charge in [0.25, 0.3) is 11.8 Å². The van der Waals surface area contributed by atoms with Crippen LogP contribution >= 0.6 is 11.8 Å². The molecule has 2 fully saturated rings. The molecule has 3 unspecified atom stereocenters. The topological polar surface area (TPSA) is 221 Å². The number of aliphatic hydroxyl groups excluding tert-OH is 3. The van der Waals surface area contributed by atoms with Gasteiger partial charge in [-0.3, -0.25) is 28.9 Å². The second kappa shape index (κ2) is 23.1. The van der Waals surface area contributed by atoms with Crippen molar-refractivity contribution in [2.75, 3.05) is 38.5 Å². The van der Waals surface area contributed by atoms with Crippen LogP contribution in [0.3, 0.4) is 0 Å². The molecule has 5 atom stereocenters. The summed E-state index contributed by atoms with van der Waals surface area (Å²) in [7, 11) is 0. The Morgan fingerprint density at radius 1 is 0.780 bits per heavy atom. The number of nitrogens with zero attached hydrogens (tertiary/aromatic N) is 1. The van der Waals surface area contributed by atoms with E-state index in [2.05, 4.69) is 16.0 Å². The van der Waals surface area contributed by atoms with Crippen LogP contribution in [0, 0.1) is 11.8 Å². The lowest BCUT2D eigenvalue weighted by Crippen LogP contribution is -2.60. The molecule has 0 bridgehead atoms. The third kappa shape index (κ3) is 14.6. The maximum absolute atomic E-state index is 12.5. The van der Waals surface area contributed by atoms with Gasteiger partial charge in [0, 0.05) is 57.1 Å². The Hall–Kier alpha value is -2.56. The van der Waals surface area contributed by atoms with Crippen molar-refractivity contribution >= 4 is 41.3 Å². The predicted molar refractivity (Wildman–Crippen MR) is 189 cm³/mol. The molecule has 0 radical (unpaired) electrons. The van der Waals surface area contributed by atoms with Crippen molar-refractivity contribution in [1.82, 2.24) is 20.9 Å². The largest absolute Gasteiger partial charge is 0.394 e. The van der Waals surface area contributed by atoms with E-state index in [9.17, 15) is 39.3 Å².